The van der Waals surface area contributed by atoms with E-state index in [4.69, 9.17) is 0 Å². The molecule has 0 aromatic carbocycles. The first-order valence-electron chi connectivity index (χ1n) is 5.55. The molecule has 0 bridgehead atoms. The lowest BCUT2D eigenvalue weighted by Gasteiger charge is -2.29. The minimum absolute atomic E-state index is 0.822. The molecule has 0 saturated carbocycles. The summed E-state index contributed by atoms with van der Waals surface area (Å²) in [6.45, 7) is 8.34. The second-order valence-corrected chi connectivity index (χ2v) is 4.08. The molecule has 0 aromatic rings. The predicted octanol–water partition coefficient (Wildman–Crippen LogP) is 3.05. The number of rotatable bonds is 4. The van der Waals surface area contributed by atoms with Crippen molar-refractivity contribution in [2.75, 3.05) is 6.54 Å². The molecule has 1 aliphatic heterocycles. The molecule has 0 spiro atoms. The maximum atomic E-state index is 2.71. The van der Waals surface area contributed by atoms with E-state index in [9.17, 15) is 0 Å². The van der Waals surface area contributed by atoms with E-state index in [0.717, 1.165) is 12.1 Å². The number of nitrogens with zero attached hydrogens (tertiary/aromatic N) is 1. The van der Waals surface area contributed by atoms with Crippen LogP contribution in [0.15, 0.2) is 0 Å². The summed E-state index contributed by atoms with van der Waals surface area (Å²) in [6.07, 6.45) is 6.90. The Kier molecular flexibility index (Phi) is 4.07. The molecule has 1 rings (SSSR count). The first-order chi connectivity index (χ1) is 5.79. The number of likely N-dealkylation sites (tertiary alicyclic amines) is 1. The Bertz CT molecular complexity index is 122. The van der Waals surface area contributed by atoms with Crippen LogP contribution in [0.4, 0.5) is 0 Å². The van der Waals surface area contributed by atoms with E-state index in [0.29, 0.717) is 0 Å². The zero-order chi connectivity index (χ0) is 8.97. The van der Waals surface area contributed by atoms with Gasteiger partial charge in [-0.25, -0.2) is 0 Å². The molecular weight excluding hydrogens is 146 g/mol. The maximum Gasteiger partial charge on any atom is 0.00959 e. The SMILES string of the molecule is CCCC(C)N1CCCC1CC. The van der Waals surface area contributed by atoms with Gasteiger partial charge in [-0.3, -0.25) is 4.90 Å². The highest BCUT2D eigenvalue weighted by atomic mass is 15.2. The molecule has 1 saturated heterocycles. The Morgan fingerprint density at radius 1 is 1.42 bits per heavy atom. The van der Waals surface area contributed by atoms with Crippen molar-refractivity contribution in [1.82, 2.24) is 4.90 Å². The Labute approximate surface area is 77.1 Å². The Hall–Kier alpha value is -0.0400. The van der Waals surface area contributed by atoms with E-state index in [1.54, 1.807) is 0 Å². The van der Waals surface area contributed by atoms with Gasteiger partial charge in [-0.2, -0.15) is 0 Å². The molecule has 1 fully saturated rings. The summed E-state index contributed by atoms with van der Waals surface area (Å²) < 4.78 is 0. The minimum atomic E-state index is 0.822. The minimum Gasteiger partial charge on any atom is -0.298 e. The van der Waals surface area contributed by atoms with Crippen molar-refractivity contribution in [3.05, 3.63) is 0 Å². The number of hydrogen-bond donors (Lipinski definition) is 0. The third-order valence-electron chi connectivity index (χ3n) is 3.17. The zero-order valence-corrected chi connectivity index (χ0v) is 8.84. The van der Waals surface area contributed by atoms with Crippen molar-refractivity contribution in [3.63, 3.8) is 0 Å². The quantitative estimate of drug-likeness (QED) is 0.625. The molecule has 0 radical (unpaired) electrons. The van der Waals surface area contributed by atoms with Crippen LogP contribution in [0.3, 0.4) is 0 Å². The molecule has 1 heterocycles. The molecule has 1 aliphatic rings. The molecular formula is C11H23N. The van der Waals surface area contributed by atoms with E-state index in [1.165, 1.54) is 38.6 Å². The van der Waals surface area contributed by atoms with Crippen LogP contribution in [-0.2, 0) is 0 Å². The summed E-state index contributed by atoms with van der Waals surface area (Å²) in [5, 5.41) is 0. The fraction of sp³-hybridized carbons (Fsp3) is 1.00. The highest BCUT2D eigenvalue weighted by molar-refractivity contribution is 4.81. The molecule has 1 nitrogen and oxygen atoms in total. The summed E-state index contributed by atoms with van der Waals surface area (Å²) in [5.41, 5.74) is 0. The highest BCUT2D eigenvalue weighted by Crippen LogP contribution is 2.23. The average molecular weight is 169 g/mol. The summed E-state index contributed by atoms with van der Waals surface area (Å²) in [5.74, 6) is 0. The van der Waals surface area contributed by atoms with Gasteiger partial charge in [0.2, 0.25) is 0 Å². The lowest BCUT2D eigenvalue weighted by Crippen LogP contribution is -2.36. The van der Waals surface area contributed by atoms with E-state index in [-0.39, 0.29) is 0 Å². The lowest BCUT2D eigenvalue weighted by molar-refractivity contribution is 0.178. The average Bonchev–Trinajstić information content (AvgIpc) is 2.51. The van der Waals surface area contributed by atoms with Crippen LogP contribution < -0.4 is 0 Å². The normalized spacial score (nSPS) is 27.8. The summed E-state index contributed by atoms with van der Waals surface area (Å²) >= 11 is 0. The molecule has 0 aliphatic carbocycles. The van der Waals surface area contributed by atoms with Crippen LogP contribution >= 0.6 is 0 Å². The molecule has 0 N–H and O–H groups in total. The fourth-order valence-corrected chi connectivity index (χ4v) is 2.46. The molecule has 0 amide bonds. The van der Waals surface area contributed by atoms with Crippen LogP contribution in [0.5, 0.6) is 0 Å². The van der Waals surface area contributed by atoms with Crippen LogP contribution in [0.1, 0.15) is 52.9 Å². The van der Waals surface area contributed by atoms with Gasteiger partial charge in [0.25, 0.3) is 0 Å². The Morgan fingerprint density at radius 2 is 2.17 bits per heavy atom. The summed E-state index contributed by atoms with van der Waals surface area (Å²) in [4.78, 5) is 2.71. The van der Waals surface area contributed by atoms with Crippen molar-refractivity contribution < 1.29 is 0 Å². The number of hydrogen-bond acceptors (Lipinski definition) is 1. The monoisotopic (exact) mass is 169 g/mol. The predicted molar refractivity (Wildman–Crippen MR) is 54.4 cm³/mol. The van der Waals surface area contributed by atoms with Gasteiger partial charge in [0.1, 0.15) is 0 Å². The smallest absolute Gasteiger partial charge is 0.00959 e. The summed E-state index contributed by atoms with van der Waals surface area (Å²) in [7, 11) is 0. The van der Waals surface area contributed by atoms with Crippen LogP contribution in [0.25, 0.3) is 0 Å². The van der Waals surface area contributed by atoms with Gasteiger partial charge in [-0.15, -0.1) is 0 Å². The third-order valence-corrected chi connectivity index (χ3v) is 3.17. The van der Waals surface area contributed by atoms with Crippen molar-refractivity contribution >= 4 is 0 Å². The van der Waals surface area contributed by atoms with E-state index in [1.807, 2.05) is 0 Å². The van der Waals surface area contributed by atoms with Crippen molar-refractivity contribution in [2.24, 2.45) is 0 Å². The van der Waals surface area contributed by atoms with E-state index >= 15 is 0 Å². The van der Waals surface area contributed by atoms with Crippen molar-refractivity contribution in [3.8, 4) is 0 Å². The lowest BCUT2D eigenvalue weighted by atomic mass is 10.1. The second kappa shape index (κ2) is 4.86. The first-order valence-corrected chi connectivity index (χ1v) is 5.55. The molecule has 0 aromatic heterocycles. The van der Waals surface area contributed by atoms with E-state index < -0.39 is 0 Å². The third kappa shape index (κ3) is 2.22. The van der Waals surface area contributed by atoms with E-state index in [2.05, 4.69) is 25.7 Å². The zero-order valence-electron chi connectivity index (χ0n) is 8.84. The largest absolute Gasteiger partial charge is 0.298 e. The molecule has 12 heavy (non-hydrogen) atoms. The van der Waals surface area contributed by atoms with Gasteiger partial charge in [-0.05, 0) is 39.2 Å². The van der Waals surface area contributed by atoms with Gasteiger partial charge in [0.15, 0.2) is 0 Å². The van der Waals surface area contributed by atoms with Crippen molar-refractivity contribution in [1.29, 1.82) is 0 Å². The van der Waals surface area contributed by atoms with Gasteiger partial charge in [-0.1, -0.05) is 20.3 Å². The van der Waals surface area contributed by atoms with Crippen LogP contribution in [0, 0.1) is 0 Å². The molecule has 2 atom stereocenters. The molecule has 1 heteroatoms. The highest BCUT2D eigenvalue weighted by Gasteiger charge is 2.25. The van der Waals surface area contributed by atoms with Crippen molar-refractivity contribution in [2.45, 2.75) is 65.0 Å². The van der Waals surface area contributed by atoms with Crippen LogP contribution in [-0.4, -0.2) is 23.5 Å². The van der Waals surface area contributed by atoms with Gasteiger partial charge >= 0.3 is 0 Å². The van der Waals surface area contributed by atoms with Gasteiger partial charge in [0, 0.05) is 12.1 Å². The Morgan fingerprint density at radius 3 is 2.75 bits per heavy atom. The van der Waals surface area contributed by atoms with Gasteiger partial charge in [0.05, 0.1) is 0 Å². The summed E-state index contributed by atoms with van der Waals surface area (Å²) in [6, 6.07) is 1.72. The maximum absolute atomic E-state index is 2.71. The molecule has 72 valence electrons. The Balaban J connectivity index is 2.38. The second-order valence-electron chi connectivity index (χ2n) is 4.08. The fourth-order valence-electron chi connectivity index (χ4n) is 2.46. The first kappa shape index (κ1) is 10.0. The van der Waals surface area contributed by atoms with Crippen LogP contribution in [0.2, 0.25) is 0 Å². The topological polar surface area (TPSA) is 3.24 Å². The van der Waals surface area contributed by atoms with Gasteiger partial charge < -0.3 is 0 Å². The standard InChI is InChI=1S/C11H23N/c1-4-7-10(3)12-9-6-8-11(12)5-2/h10-11H,4-9H2,1-3H3. The molecule has 2 unspecified atom stereocenters.